The lowest BCUT2D eigenvalue weighted by Crippen LogP contribution is -2.16. The summed E-state index contributed by atoms with van der Waals surface area (Å²) in [5.41, 5.74) is 7.93. The molecule has 0 aliphatic rings. The molecule has 108 valence electrons. The van der Waals surface area contributed by atoms with Crippen molar-refractivity contribution in [1.82, 2.24) is 0 Å². The van der Waals surface area contributed by atoms with Crippen molar-refractivity contribution in [3.8, 4) is 0 Å². The molecular formula is C16H15FN2OS. The maximum Gasteiger partial charge on any atom is 0.228 e. The summed E-state index contributed by atoms with van der Waals surface area (Å²) in [6.45, 7) is 1.95. The first kappa shape index (κ1) is 15.1. The fraction of sp³-hybridized carbons (Fsp3) is 0.125. The Morgan fingerprint density at radius 2 is 2.05 bits per heavy atom. The first-order valence-corrected chi connectivity index (χ1v) is 6.81. The second-order valence-corrected chi connectivity index (χ2v) is 5.21. The van der Waals surface area contributed by atoms with Gasteiger partial charge < -0.3 is 11.1 Å². The lowest BCUT2D eigenvalue weighted by atomic mass is 10.1. The van der Waals surface area contributed by atoms with Crippen molar-refractivity contribution < 1.29 is 9.18 Å². The zero-order valence-electron chi connectivity index (χ0n) is 11.5. The molecule has 0 aromatic heterocycles. The molecule has 0 atom stereocenters. The standard InChI is InChI=1S/C16H15FN2OS/c1-10-3-2-4-11(7-10)8-15(20)19-14-6-5-12(16(18)21)9-13(14)17/h2-7,9H,8H2,1H3,(H2,18,21)(H,19,20). The minimum atomic E-state index is -0.558. The molecule has 0 spiro atoms. The molecule has 21 heavy (non-hydrogen) atoms. The lowest BCUT2D eigenvalue weighted by molar-refractivity contribution is -0.115. The molecule has 5 heteroatoms. The van der Waals surface area contributed by atoms with Gasteiger partial charge in [0.25, 0.3) is 0 Å². The fourth-order valence-corrected chi connectivity index (χ4v) is 2.10. The van der Waals surface area contributed by atoms with Gasteiger partial charge in [-0.15, -0.1) is 0 Å². The average molecular weight is 302 g/mol. The normalized spacial score (nSPS) is 10.2. The summed E-state index contributed by atoms with van der Waals surface area (Å²) in [5.74, 6) is -0.833. The van der Waals surface area contributed by atoms with Gasteiger partial charge in [0.1, 0.15) is 10.8 Å². The van der Waals surface area contributed by atoms with Gasteiger partial charge in [-0.3, -0.25) is 4.79 Å². The molecule has 0 heterocycles. The third-order valence-corrected chi connectivity index (χ3v) is 3.21. The van der Waals surface area contributed by atoms with Gasteiger partial charge in [0.2, 0.25) is 5.91 Å². The van der Waals surface area contributed by atoms with E-state index in [9.17, 15) is 9.18 Å². The number of thiocarbonyl (C=S) groups is 1. The van der Waals surface area contributed by atoms with Crippen LogP contribution in [0.1, 0.15) is 16.7 Å². The number of nitrogens with one attached hydrogen (secondary N) is 1. The van der Waals surface area contributed by atoms with Gasteiger partial charge in [0, 0.05) is 5.56 Å². The highest BCUT2D eigenvalue weighted by atomic mass is 32.1. The quantitative estimate of drug-likeness (QED) is 0.854. The highest BCUT2D eigenvalue weighted by Gasteiger charge is 2.09. The number of hydrogen-bond donors (Lipinski definition) is 2. The van der Waals surface area contributed by atoms with E-state index in [1.807, 2.05) is 31.2 Å². The molecule has 2 aromatic carbocycles. The van der Waals surface area contributed by atoms with E-state index in [2.05, 4.69) is 5.32 Å². The Bertz CT molecular complexity index is 700. The van der Waals surface area contributed by atoms with E-state index in [1.165, 1.54) is 12.1 Å². The second-order valence-electron chi connectivity index (χ2n) is 4.77. The van der Waals surface area contributed by atoms with E-state index in [-0.39, 0.29) is 23.0 Å². The van der Waals surface area contributed by atoms with Crippen LogP contribution in [0.2, 0.25) is 0 Å². The minimum absolute atomic E-state index is 0.117. The van der Waals surface area contributed by atoms with Gasteiger partial charge in [0.05, 0.1) is 12.1 Å². The van der Waals surface area contributed by atoms with Crippen LogP contribution in [0.4, 0.5) is 10.1 Å². The topological polar surface area (TPSA) is 55.1 Å². The van der Waals surface area contributed by atoms with Gasteiger partial charge in [-0.1, -0.05) is 42.0 Å². The largest absolute Gasteiger partial charge is 0.389 e. The summed E-state index contributed by atoms with van der Waals surface area (Å²) in [6.07, 6.45) is 0.193. The molecule has 1 amide bonds. The van der Waals surface area contributed by atoms with Crippen LogP contribution in [-0.2, 0) is 11.2 Å². The molecule has 3 N–H and O–H groups in total. The number of carbonyl (C=O) groups excluding carboxylic acids is 1. The Balaban J connectivity index is 2.08. The smallest absolute Gasteiger partial charge is 0.228 e. The van der Waals surface area contributed by atoms with Crippen LogP contribution in [0.15, 0.2) is 42.5 Å². The van der Waals surface area contributed by atoms with Crippen molar-refractivity contribution in [2.24, 2.45) is 5.73 Å². The molecule has 3 nitrogen and oxygen atoms in total. The van der Waals surface area contributed by atoms with Gasteiger partial charge in [-0.25, -0.2) is 4.39 Å². The zero-order chi connectivity index (χ0) is 15.4. The number of benzene rings is 2. The van der Waals surface area contributed by atoms with E-state index >= 15 is 0 Å². The van der Waals surface area contributed by atoms with E-state index in [4.69, 9.17) is 18.0 Å². The number of amides is 1. The Morgan fingerprint density at radius 1 is 1.29 bits per heavy atom. The Morgan fingerprint density at radius 3 is 2.67 bits per heavy atom. The number of carbonyl (C=O) groups is 1. The summed E-state index contributed by atoms with van der Waals surface area (Å²) in [7, 11) is 0. The lowest BCUT2D eigenvalue weighted by Gasteiger charge is -2.08. The number of aryl methyl sites for hydroxylation is 1. The van der Waals surface area contributed by atoms with Gasteiger partial charge in [-0.2, -0.15) is 0 Å². The number of hydrogen-bond acceptors (Lipinski definition) is 2. The van der Waals surface area contributed by atoms with Crippen LogP contribution < -0.4 is 11.1 Å². The third kappa shape index (κ3) is 4.10. The monoisotopic (exact) mass is 302 g/mol. The molecule has 0 aliphatic carbocycles. The second kappa shape index (κ2) is 6.45. The summed E-state index contributed by atoms with van der Waals surface area (Å²) in [6, 6.07) is 11.9. The molecular weight excluding hydrogens is 287 g/mol. The van der Waals surface area contributed by atoms with Crippen molar-refractivity contribution in [3.05, 3.63) is 65.0 Å². The Kier molecular flexibility index (Phi) is 4.65. The summed E-state index contributed by atoms with van der Waals surface area (Å²) >= 11 is 4.78. The first-order chi connectivity index (χ1) is 9.95. The highest BCUT2D eigenvalue weighted by Crippen LogP contribution is 2.16. The van der Waals surface area contributed by atoms with Crippen molar-refractivity contribution in [2.75, 3.05) is 5.32 Å². The summed E-state index contributed by atoms with van der Waals surface area (Å²) in [5, 5.41) is 2.55. The molecule has 2 rings (SSSR count). The van der Waals surface area contributed by atoms with Gasteiger partial charge in [-0.05, 0) is 30.7 Å². The number of nitrogens with two attached hydrogens (primary N) is 1. The summed E-state index contributed by atoms with van der Waals surface area (Å²) in [4.78, 5) is 12.1. The molecule has 0 aliphatic heterocycles. The first-order valence-electron chi connectivity index (χ1n) is 6.40. The van der Waals surface area contributed by atoms with Crippen molar-refractivity contribution in [3.63, 3.8) is 0 Å². The maximum atomic E-state index is 13.8. The fourth-order valence-electron chi connectivity index (χ4n) is 1.97. The van der Waals surface area contributed by atoms with Crippen molar-refractivity contribution in [1.29, 1.82) is 0 Å². The van der Waals surface area contributed by atoms with E-state index in [1.54, 1.807) is 6.07 Å². The van der Waals surface area contributed by atoms with Crippen LogP contribution in [0.3, 0.4) is 0 Å². The van der Waals surface area contributed by atoms with Crippen molar-refractivity contribution in [2.45, 2.75) is 13.3 Å². The van der Waals surface area contributed by atoms with Crippen molar-refractivity contribution >= 4 is 28.8 Å². The predicted molar refractivity (Wildman–Crippen MR) is 85.8 cm³/mol. The number of anilines is 1. The molecule has 0 unspecified atom stereocenters. The molecule has 0 saturated carbocycles. The molecule has 0 fully saturated rings. The minimum Gasteiger partial charge on any atom is -0.389 e. The van der Waals surface area contributed by atoms with Gasteiger partial charge in [0.15, 0.2) is 0 Å². The van der Waals surface area contributed by atoms with E-state index in [0.29, 0.717) is 5.56 Å². The predicted octanol–water partition coefficient (Wildman–Crippen LogP) is 2.95. The molecule has 2 aromatic rings. The third-order valence-electron chi connectivity index (χ3n) is 2.97. The maximum absolute atomic E-state index is 13.8. The number of halogens is 1. The Hall–Kier alpha value is -2.27. The highest BCUT2D eigenvalue weighted by molar-refractivity contribution is 7.80. The summed E-state index contributed by atoms with van der Waals surface area (Å²) < 4.78 is 13.8. The molecule has 0 bridgehead atoms. The van der Waals surface area contributed by atoms with Crippen LogP contribution >= 0.6 is 12.2 Å². The Labute approximate surface area is 128 Å². The zero-order valence-corrected chi connectivity index (χ0v) is 12.3. The van der Waals surface area contributed by atoms with Crippen LogP contribution in [0.25, 0.3) is 0 Å². The van der Waals surface area contributed by atoms with Crippen LogP contribution in [-0.4, -0.2) is 10.9 Å². The van der Waals surface area contributed by atoms with Crippen LogP contribution in [0, 0.1) is 12.7 Å². The average Bonchev–Trinajstić information content (AvgIpc) is 2.40. The molecule has 0 radical (unpaired) electrons. The van der Waals surface area contributed by atoms with E-state index in [0.717, 1.165) is 11.1 Å². The molecule has 0 saturated heterocycles. The van der Waals surface area contributed by atoms with E-state index < -0.39 is 5.82 Å². The van der Waals surface area contributed by atoms with Crippen LogP contribution in [0.5, 0.6) is 0 Å². The SMILES string of the molecule is Cc1cccc(CC(=O)Nc2ccc(C(N)=S)cc2F)c1. The number of rotatable bonds is 4. The van der Waals surface area contributed by atoms with Gasteiger partial charge >= 0.3 is 0 Å².